The molecular weight excluding hydrogens is 364 g/mol. The second-order valence-corrected chi connectivity index (χ2v) is 5.53. The minimum absolute atomic E-state index is 0.0625. The zero-order valence-corrected chi connectivity index (χ0v) is 13.9. The lowest BCUT2D eigenvalue weighted by Crippen LogP contribution is -2.05. The van der Waals surface area contributed by atoms with Crippen LogP contribution in [0.25, 0.3) is 0 Å². The summed E-state index contributed by atoms with van der Waals surface area (Å²) in [4.78, 5) is 9.58. The monoisotopic (exact) mass is 378 g/mol. The van der Waals surface area contributed by atoms with Gasteiger partial charge in [-0.05, 0) is 29.8 Å². The van der Waals surface area contributed by atoms with Crippen molar-refractivity contribution in [2.75, 3.05) is 0 Å². The summed E-state index contributed by atoms with van der Waals surface area (Å²) in [6.45, 7) is -0.848. The fourth-order valence-corrected chi connectivity index (χ4v) is 2.28. The van der Waals surface area contributed by atoms with E-state index in [1.54, 1.807) is 36.4 Å². The number of hydrogen-bond acceptors (Lipinski definition) is 3. The summed E-state index contributed by atoms with van der Waals surface area (Å²) in [7, 11) is 0. The molecule has 3 aromatic rings. The van der Waals surface area contributed by atoms with Crippen LogP contribution in [0.3, 0.4) is 0 Å². The van der Waals surface area contributed by atoms with Gasteiger partial charge < -0.3 is 4.74 Å². The van der Waals surface area contributed by atoms with Gasteiger partial charge in [-0.2, -0.15) is 0 Å². The van der Waals surface area contributed by atoms with Crippen molar-refractivity contribution in [3.8, 4) is 11.5 Å². The molecule has 0 heterocycles. The van der Waals surface area contributed by atoms with Gasteiger partial charge in [-0.1, -0.05) is 30.3 Å². The van der Waals surface area contributed by atoms with Crippen LogP contribution in [0.2, 0.25) is 0 Å². The molecule has 3 aromatic carbocycles. The van der Waals surface area contributed by atoms with Crippen molar-refractivity contribution in [2.45, 2.75) is 13.2 Å². The van der Waals surface area contributed by atoms with Gasteiger partial charge in [0.05, 0.1) is 5.56 Å². The third kappa shape index (κ3) is 4.84. The largest absolute Gasteiger partial charge is 0.457 e. The van der Waals surface area contributed by atoms with Crippen molar-refractivity contribution in [3.05, 3.63) is 95.1 Å². The van der Waals surface area contributed by atoms with E-state index >= 15 is 0 Å². The fraction of sp³-hybridized carbons (Fsp3) is 0.100. The quantitative estimate of drug-likeness (QED) is 0.174. The second-order valence-electron chi connectivity index (χ2n) is 5.53. The summed E-state index contributed by atoms with van der Waals surface area (Å²) in [5, 5.41) is 0. The molecule has 0 aliphatic heterocycles. The Bertz CT molecular complexity index is 890. The first-order valence-electron chi connectivity index (χ1n) is 7.92. The van der Waals surface area contributed by atoms with Crippen LogP contribution in [0.15, 0.2) is 60.7 Å². The molecule has 0 aliphatic rings. The van der Waals surface area contributed by atoms with Crippen LogP contribution in [0.1, 0.15) is 11.1 Å². The Morgan fingerprint density at radius 3 is 1.96 bits per heavy atom. The molecule has 0 radical (unpaired) electrons. The van der Waals surface area contributed by atoms with Crippen LogP contribution < -0.4 is 4.74 Å². The van der Waals surface area contributed by atoms with Crippen molar-refractivity contribution in [1.29, 1.82) is 0 Å². The molecule has 0 aromatic heterocycles. The van der Waals surface area contributed by atoms with Gasteiger partial charge in [-0.3, -0.25) is 0 Å². The SMILES string of the molecule is Fc1cc(F)c(F)c(COOCc2cccc(Oc3ccccc3)c2)c1F. The molecule has 3 rings (SSSR count). The molecule has 0 unspecified atom stereocenters. The smallest absolute Gasteiger partial charge is 0.167 e. The van der Waals surface area contributed by atoms with Gasteiger partial charge in [0.25, 0.3) is 0 Å². The van der Waals surface area contributed by atoms with Crippen LogP contribution in [0.4, 0.5) is 17.6 Å². The molecule has 140 valence electrons. The van der Waals surface area contributed by atoms with Gasteiger partial charge in [0.15, 0.2) is 23.3 Å². The zero-order chi connectivity index (χ0) is 19.2. The molecule has 0 bridgehead atoms. The maximum atomic E-state index is 13.5. The molecule has 0 N–H and O–H groups in total. The first-order chi connectivity index (χ1) is 13.0. The summed E-state index contributed by atoms with van der Waals surface area (Å²) in [6.07, 6.45) is 0. The third-order valence-electron chi connectivity index (χ3n) is 3.59. The lowest BCUT2D eigenvalue weighted by molar-refractivity contribution is -0.313. The molecule has 0 fully saturated rings. The molecule has 0 saturated heterocycles. The zero-order valence-electron chi connectivity index (χ0n) is 13.9. The Labute approximate surface area is 152 Å². The Balaban J connectivity index is 1.56. The lowest BCUT2D eigenvalue weighted by atomic mass is 10.2. The van der Waals surface area contributed by atoms with Gasteiger partial charge in [-0.25, -0.2) is 27.3 Å². The van der Waals surface area contributed by atoms with E-state index in [9.17, 15) is 17.6 Å². The average Bonchev–Trinajstić information content (AvgIpc) is 2.67. The molecule has 0 spiro atoms. The Hall–Kier alpha value is -2.90. The van der Waals surface area contributed by atoms with Crippen LogP contribution in [0, 0.1) is 23.3 Å². The van der Waals surface area contributed by atoms with Crippen molar-refractivity contribution in [3.63, 3.8) is 0 Å². The summed E-state index contributed by atoms with van der Waals surface area (Å²) in [5.41, 5.74) is -0.219. The highest BCUT2D eigenvalue weighted by Gasteiger charge is 2.19. The summed E-state index contributed by atoms with van der Waals surface area (Å²) in [5.74, 6) is -4.82. The van der Waals surface area contributed by atoms with E-state index in [2.05, 4.69) is 0 Å². The van der Waals surface area contributed by atoms with E-state index in [4.69, 9.17) is 14.5 Å². The van der Waals surface area contributed by atoms with Crippen molar-refractivity contribution in [2.24, 2.45) is 0 Å². The number of para-hydroxylation sites is 1. The van der Waals surface area contributed by atoms with Crippen LogP contribution >= 0.6 is 0 Å². The number of hydrogen-bond donors (Lipinski definition) is 0. The van der Waals surface area contributed by atoms with Gasteiger partial charge >= 0.3 is 0 Å². The van der Waals surface area contributed by atoms with Gasteiger partial charge in [0.2, 0.25) is 0 Å². The summed E-state index contributed by atoms with van der Waals surface area (Å²) < 4.78 is 59.0. The second kappa shape index (κ2) is 8.66. The predicted molar refractivity (Wildman–Crippen MR) is 88.8 cm³/mol. The van der Waals surface area contributed by atoms with Crippen LogP contribution in [-0.4, -0.2) is 0 Å². The number of benzene rings is 3. The van der Waals surface area contributed by atoms with E-state index in [1.807, 2.05) is 18.2 Å². The summed E-state index contributed by atoms with van der Waals surface area (Å²) in [6, 6.07) is 16.2. The minimum atomic E-state index is -1.52. The molecule has 0 saturated carbocycles. The standard InChI is InChI=1S/C20H14F4O3/c21-17-10-18(22)20(24)16(19(17)23)12-26-25-11-13-5-4-8-15(9-13)27-14-6-2-1-3-7-14/h1-10H,11-12H2. The van der Waals surface area contributed by atoms with Gasteiger partial charge in [-0.15, -0.1) is 0 Å². The van der Waals surface area contributed by atoms with Gasteiger partial charge in [0, 0.05) is 6.07 Å². The Morgan fingerprint density at radius 2 is 1.26 bits per heavy atom. The topological polar surface area (TPSA) is 27.7 Å². The molecule has 3 nitrogen and oxygen atoms in total. The first-order valence-corrected chi connectivity index (χ1v) is 7.92. The van der Waals surface area contributed by atoms with Gasteiger partial charge in [0.1, 0.15) is 24.7 Å². The van der Waals surface area contributed by atoms with E-state index in [-0.39, 0.29) is 12.7 Å². The highest BCUT2D eigenvalue weighted by molar-refractivity contribution is 5.33. The first kappa shape index (κ1) is 18.9. The maximum absolute atomic E-state index is 13.5. The molecular formula is C20H14F4O3. The lowest BCUT2D eigenvalue weighted by Gasteiger charge is -2.09. The molecule has 7 heteroatoms. The molecule has 27 heavy (non-hydrogen) atoms. The third-order valence-corrected chi connectivity index (χ3v) is 3.59. The normalized spacial score (nSPS) is 10.8. The fourth-order valence-electron chi connectivity index (χ4n) is 2.28. The van der Waals surface area contributed by atoms with E-state index in [0.717, 1.165) is 0 Å². The van der Waals surface area contributed by atoms with E-state index < -0.39 is 35.4 Å². The Morgan fingerprint density at radius 1 is 0.630 bits per heavy atom. The van der Waals surface area contributed by atoms with Crippen molar-refractivity contribution >= 4 is 0 Å². The predicted octanol–water partition coefficient (Wildman–Crippen LogP) is 5.68. The highest BCUT2D eigenvalue weighted by atomic mass is 19.2. The number of halogens is 4. The van der Waals surface area contributed by atoms with Crippen LogP contribution in [0.5, 0.6) is 11.5 Å². The van der Waals surface area contributed by atoms with E-state index in [1.165, 1.54) is 0 Å². The van der Waals surface area contributed by atoms with Crippen molar-refractivity contribution < 1.29 is 32.1 Å². The van der Waals surface area contributed by atoms with Crippen LogP contribution in [-0.2, 0) is 23.0 Å². The molecule has 0 atom stereocenters. The summed E-state index contributed by atoms with van der Waals surface area (Å²) >= 11 is 0. The Kier molecular flexibility index (Phi) is 6.05. The maximum Gasteiger partial charge on any atom is 0.167 e. The highest BCUT2D eigenvalue weighted by Crippen LogP contribution is 2.23. The molecule has 0 aliphatic carbocycles. The average molecular weight is 378 g/mol. The number of rotatable bonds is 7. The minimum Gasteiger partial charge on any atom is -0.457 e. The van der Waals surface area contributed by atoms with E-state index in [0.29, 0.717) is 17.1 Å². The number of ether oxygens (including phenoxy) is 1. The molecule has 0 amide bonds. The van der Waals surface area contributed by atoms with Crippen molar-refractivity contribution in [1.82, 2.24) is 0 Å².